The number of nitrogens with zero attached hydrogens (tertiary/aromatic N) is 1. The molecule has 0 radical (unpaired) electrons. The molecule has 6 heteroatoms. The van der Waals surface area contributed by atoms with E-state index in [-0.39, 0.29) is 30.3 Å². The number of carbonyl (C=O) groups excluding carboxylic acids is 2. The molecule has 4 rings (SSSR count). The third-order valence-electron chi connectivity index (χ3n) is 6.53. The molecule has 34 heavy (non-hydrogen) atoms. The van der Waals surface area contributed by atoms with Crippen molar-refractivity contribution in [1.29, 1.82) is 0 Å². The highest BCUT2D eigenvalue weighted by Crippen LogP contribution is 2.35. The number of fused-ring (bicyclic) bond motifs is 1. The first-order chi connectivity index (χ1) is 16.5. The maximum Gasteiger partial charge on any atom is 0.307 e. The predicted octanol–water partition coefficient (Wildman–Crippen LogP) is 4.62. The minimum atomic E-state index is -0.355. The molecule has 1 saturated carbocycles. The molecular formula is C28H31NO5. The smallest absolute Gasteiger partial charge is 0.307 e. The predicted molar refractivity (Wildman–Crippen MR) is 130 cm³/mol. The van der Waals surface area contributed by atoms with Crippen molar-refractivity contribution in [2.45, 2.75) is 57.5 Å². The van der Waals surface area contributed by atoms with Crippen LogP contribution in [0.5, 0.6) is 11.5 Å². The SMILES string of the molecule is COC(=O)C[C@H](C#Cc1ccc2c(c1)CCN2C(C)=O)c1ccc(OC)c(OC2CCCC2)c1. The maximum atomic E-state index is 12.2. The molecular weight excluding hydrogens is 430 g/mol. The number of carbonyl (C=O) groups is 2. The molecule has 1 fully saturated rings. The Bertz CT molecular complexity index is 1120. The van der Waals surface area contributed by atoms with Gasteiger partial charge in [-0.25, -0.2) is 0 Å². The highest BCUT2D eigenvalue weighted by atomic mass is 16.5. The second-order valence-corrected chi connectivity index (χ2v) is 8.80. The third-order valence-corrected chi connectivity index (χ3v) is 6.53. The molecule has 2 aliphatic rings. The number of anilines is 1. The van der Waals surface area contributed by atoms with Crippen LogP contribution in [-0.2, 0) is 20.7 Å². The van der Waals surface area contributed by atoms with Crippen LogP contribution in [0.1, 0.15) is 61.6 Å². The Hall–Kier alpha value is -3.46. The number of benzene rings is 2. The molecule has 2 aromatic rings. The van der Waals surface area contributed by atoms with Gasteiger partial charge in [0, 0.05) is 24.7 Å². The van der Waals surface area contributed by atoms with Gasteiger partial charge in [0.05, 0.1) is 32.7 Å². The Morgan fingerprint density at radius 2 is 1.88 bits per heavy atom. The Morgan fingerprint density at radius 1 is 1.09 bits per heavy atom. The number of methoxy groups -OCH3 is 2. The van der Waals surface area contributed by atoms with Crippen molar-refractivity contribution in [2.24, 2.45) is 0 Å². The summed E-state index contributed by atoms with van der Waals surface area (Å²) in [6.07, 6.45) is 5.58. The molecule has 178 valence electrons. The average Bonchev–Trinajstić information content (AvgIpc) is 3.51. The quantitative estimate of drug-likeness (QED) is 0.464. The van der Waals surface area contributed by atoms with E-state index in [1.54, 1.807) is 18.9 Å². The number of amides is 1. The fourth-order valence-electron chi connectivity index (χ4n) is 4.67. The van der Waals surface area contributed by atoms with Gasteiger partial charge < -0.3 is 19.1 Å². The van der Waals surface area contributed by atoms with Gasteiger partial charge in [0.1, 0.15) is 0 Å². The molecule has 1 aliphatic heterocycles. The first-order valence-corrected chi connectivity index (χ1v) is 11.8. The second-order valence-electron chi connectivity index (χ2n) is 8.80. The summed E-state index contributed by atoms with van der Waals surface area (Å²) in [6, 6.07) is 11.6. The Kier molecular flexibility index (Phi) is 7.42. The van der Waals surface area contributed by atoms with E-state index in [0.29, 0.717) is 18.0 Å². The van der Waals surface area contributed by atoms with E-state index in [1.807, 2.05) is 36.4 Å². The monoisotopic (exact) mass is 461 g/mol. The van der Waals surface area contributed by atoms with Gasteiger partial charge in [-0.1, -0.05) is 17.9 Å². The summed E-state index contributed by atoms with van der Waals surface area (Å²) in [4.78, 5) is 25.8. The van der Waals surface area contributed by atoms with Crippen molar-refractivity contribution in [3.05, 3.63) is 53.1 Å². The highest BCUT2D eigenvalue weighted by Gasteiger charge is 2.23. The summed E-state index contributed by atoms with van der Waals surface area (Å²) in [5, 5.41) is 0. The van der Waals surface area contributed by atoms with Gasteiger partial charge in [-0.2, -0.15) is 0 Å². The lowest BCUT2D eigenvalue weighted by molar-refractivity contribution is -0.140. The van der Waals surface area contributed by atoms with E-state index >= 15 is 0 Å². The van der Waals surface area contributed by atoms with Crippen LogP contribution in [0, 0.1) is 11.8 Å². The van der Waals surface area contributed by atoms with Gasteiger partial charge >= 0.3 is 5.97 Å². The topological polar surface area (TPSA) is 65.1 Å². The van der Waals surface area contributed by atoms with Crippen LogP contribution in [0.25, 0.3) is 0 Å². The van der Waals surface area contributed by atoms with E-state index in [9.17, 15) is 9.59 Å². The molecule has 0 spiro atoms. The summed E-state index contributed by atoms with van der Waals surface area (Å²) in [6.45, 7) is 2.28. The van der Waals surface area contributed by atoms with Crippen LogP contribution in [0.4, 0.5) is 5.69 Å². The molecule has 0 aromatic heterocycles. The summed E-state index contributed by atoms with van der Waals surface area (Å²) in [7, 11) is 3.01. The molecule has 1 heterocycles. The van der Waals surface area contributed by atoms with Gasteiger partial charge in [0.15, 0.2) is 11.5 Å². The molecule has 2 aromatic carbocycles. The zero-order valence-corrected chi connectivity index (χ0v) is 20.1. The first-order valence-electron chi connectivity index (χ1n) is 11.8. The van der Waals surface area contributed by atoms with Crippen LogP contribution in [0.2, 0.25) is 0 Å². The first kappa shape index (κ1) is 23.7. The Morgan fingerprint density at radius 3 is 2.59 bits per heavy atom. The lowest BCUT2D eigenvalue weighted by atomic mass is 9.95. The van der Waals surface area contributed by atoms with Crippen molar-refractivity contribution in [3.8, 4) is 23.3 Å². The summed E-state index contributed by atoms with van der Waals surface area (Å²) in [5.41, 5.74) is 3.81. The van der Waals surface area contributed by atoms with Gasteiger partial charge in [-0.05, 0) is 73.6 Å². The van der Waals surface area contributed by atoms with Crippen LogP contribution in [0.3, 0.4) is 0 Å². The van der Waals surface area contributed by atoms with E-state index in [1.165, 1.54) is 20.0 Å². The zero-order chi connectivity index (χ0) is 24.1. The van der Waals surface area contributed by atoms with E-state index in [4.69, 9.17) is 14.2 Å². The fraction of sp³-hybridized carbons (Fsp3) is 0.429. The Balaban J connectivity index is 1.62. The number of hydrogen-bond acceptors (Lipinski definition) is 5. The summed E-state index contributed by atoms with van der Waals surface area (Å²) >= 11 is 0. The number of esters is 1. The molecule has 0 bridgehead atoms. The number of ether oxygens (including phenoxy) is 3. The highest BCUT2D eigenvalue weighted by molar-refractivity contribution is 5.93. The summed E-state index contributed by atoms with van der Waals surface area (Å²) in [5.74, 6) is 7.24. The molecule has 1 amide bonds. The van der Waals surface area contributed by atoms with E-state index < -0.39 is 0 Å². The molecule has 0 unspecified atom stereocenters. The standard InChI is InChI=1S/C28H31NO5/c1-19(30)29-15-14-23-16-20(9-12-25(23)29)8-10-22(18-28(31)33-3)21-11-13-26(32-2)27(17-21)34-24-6-4-5-7-24/h9,11-13,16-17,22,24H,4-7,14-15,18H2,1-3H3/t22-/m0/s1. The second kappa shape index (κ2) is 10.6. The van der Waals surface area contributed by atoms with E-state index in [2.05, 4.69) is 11.8 Å². The molecule has 1 aliphatic carbocycles. The largest absolute Gasteiger partial charge is 0.493 e. The summed E-state index contributed by atoms with van der Waals surface area (Å²) < 4.78 is 16.7. The van der Waals surface area contributed by atoms with Crippen molar-refractivity contribution < 1.29 is 23.8 Å². The lowest BCUT2D eigenvalue weighted by Gasteiger charge is -2.18. The molecule has 1 atom stereocenters. The fourth-order valence-corrected chi connectivity index (χ4v) is 4.67. The third kappa shape index (κ3) is 5.36. The number of hydrogen-bond donors (Lipinski definition) is 0. The van der Waals surface area contributed by atoms with Crippen LogP contribution in [-0.4, -0.2) is 38.7 Å². The van der Waals surface area contributed by atoms with Crippen LogP contribution >= 0.6 is 0 Å². The average molecular weight is 462 g/mol. The normalized spacial score (nSPS) is 15.8. The maximum absolute atomic E-state index is 12.2. The van der Waals surface area contributed by atoms with Gasteiger partial charge in [0.25, 0.3) is 0 Å². The minimum absolute atomic E-state index is 0.0471. The van der Waals surface area contributed by atoms with Gasteiger partial charge in [0.2, 0.25) is 5.91 Å². The number of rotatable bonds is 6. The van der Waals surface area contributed by atoms with Crippen LogP contribution < -0.4 is 14.4 Å². The zero-order valence-electron chi connectivity index (χ0n) is 20.1. The van der Waals surface area contributed by atoms with E-state index in [0.717, 1.165) is 41.6 Å². The van der Waals surface area contributed by atoms with Gasteiger partial charge in [-0.3, -0.25) is 9.59 Å². The van der Waals surface area contributed by atoms with Crippen molar-refractivity contribution in [3.63, 3.8) is 0 Å². The molecule has 6 nitrogen and oxygen atoms in total. The molecule has 0 N–H and O–H groups in total. The molecule has 0 saturated heterocycles. The Labute approximate surface area is 201 Å². The van der Waals surface area contributed by atoms with Crippen molar-refractivity contribution in [1.82, 2.24) is 0 Å². The van der Waals surface area contributed by atoms with Gasteiger partial charge in [-0.15, -0.1) is 0 Å². The lowest BCUT2D eigenvalue weighted by Crippen LogP contribution is -2.25. The van der Waals surface area contributed by atoms with Crippen molar-refractivity contribution in [2.75, 3.05) is 25.7 Å². The minimum Gasteiger partial charge on any atom is -0.493 e. The van der Waals surface area contributed by atoms with Crippen molar-refractivity contribution >= 4 is 17.6 Å². The van der Waals surface area contributed by atoms with Crippen LogP contribution in [0.15, 0.2) is 36.4 Å².